The van der Waals surface area contributed by atoms with E-state index in [2.05, 4.69) is 31.9 Å². The number of aromatic nitrogens is 1. The van der Waals surface area contributed by atoms with E-state index in [-0.39, 0.29) is 30.0 Å². The lowest BCUT2D eigenvalue weighted by atomic mass is 9.86. The van der Waals surface area contributed by atoms with Crippen molar-refractivity contribution in [3.63, 3.8) is 0 Å². The summed E-state index contributed by atoms with van der Waals surface area (Å²) >= 11 is 3.83. The zero-order valence-electron chi connectivity index (χ0n) is 20.6. The molecule has 2 unspecified atom stereocenters. The van der Waals surface area contributed by atoms with E-state index in [1.807, 2.05) is 31.2 Å². The van der Waals surface area contributed by atoms with Crippen LogP contribution >= 0.6 is 15.9 Å². The molecule has 7 nitrogen and oxygen atoms in total. The molecule has 2 aromatic carbocycles. The summed E-state index contributed by atoms with van der Waals surface area (Å²) in [5.74, 6) is -2.24. The van der Waals surface area contributed by atoms with Crippen LogP contribution in [0.5, 0.6) is 0 Å². The van der Waals surface area contributed by atoms with Gasteiger partial charge < -0.3 is 20.1 Å². The minimum Gasteiger partial charge on any atom is -0.481 e. The standard InChI is InChI=1S/C29H29BrN2O5/c1-15-10-11-20-23-21(15)17-7-4-8-18(22(17)27(34)35)25(24(23)30)32(20)19-9-5-6-16(19)26(33)31-14-29(28(36)37)12-2-3-13-29/h4,7-8,10-11,16,19H,2-3,5-6,9,12-14H2,1H3,(H,31,33)(H,34,35)(H,36,37). The number of carbonyl (C=O) groups excluding carboxylic acids is 1. The number of rotatable bonds is 6. The highest BCUT2D eigenvalue weighted by atomic mass is 79.9. The number of hydrogen-bond acceptors (Lipinski definition) is 3. The van der Waals surface area contributed by atoms with Crippen LogP contribution in [-0.4, -0.2) is 39.2 Å². The third kappa shape index (κ3) is 3.48. The third-order valence-corrected chi connectivity index (χ3v) is 9.66. The summed E-state index contributed by atoms with van der Waals surface area (Å²) in [5, 5.41) is 24.1. The van der Waals surface area contributed by atoms with Gasteiger partial charge in [0, 0.05) is 23.5 Å². The summed E-state index contributed by atoms with van der Waals surface area (Å²) < 4.78 is 3.03. The van der Waals surface area contributed by atoms with E-state index in [4.69, 9.17) is 0 Å². The molecule has 3 aliphatic carbocycles. The summed E-state index contributed by atoms with van der Waals surface area (Å²) in [5.41, 5.74) is 4.43. The Labute approximate surface area is 223 Å². The largest absolute Gasteiger partial charge is 0.481 e. The highest BCUT2D eigenvalue weighted by Crippen LogP contribution is 2.53. The number of amides is 1. The van der Waals surface area contributed by atoms with Crippen molar-refractivity contribution in [2.75, 3.05) is 6.54 Å². The number of carboxylic acids is 2. The average Bonchev–Trinajstić information content (AvgIpc) is 3.59. The number of aromatic carboxylic acids is 1. The number of nitrogens with zero attached hydrogens (tertiary/aromatic N) is 1. The lowest BCUT2D eigenvalue weighted by Crippen LogP contribution is -2.44. The maximum atomic E-state index is 13.6. The molecule has 6 rings (SSSR count). The number of hydrogen-bond donors (Lipinski definition) is 3. The second-order valence-corrected chi connectivity index (χ2v) is 11.6. The molecule has 3 N–H and O–H groups in total. The normalized spacial score (nSPS) is 21.4. The predicted molar refractivity (Wildman–Crippen MR) is 144 cm³/mol. The Balaban J connectivity index is 1.45. The molecule has 2 fully saturated rings. The number of aliphatic carboxylic acids is 1. The molecule has 192 valence electrons. The zero-order chi connectivity index (χ0) is 26.1. The van der Waals surface area contributed by atoms with Crippen molar-refractivity contribution in [1.29, 1.82) is 0 Å². The fourth-order valence-electron chi connectivity index (χ4n) is 7.05. The summed E-state index contributed by atoms with van der Waals surface area (Å²) in [6.45, 7) is 2.15. The lowest BCUT2D eigenvalue weighted by Gasteiger charge is -2.28. The number of nitrogens with one attached hydrogen (secondary N) is 1. The Morgan fingerprint density at radius 3 is 2.49 bits per heavy atom. The van der Waals surface area contributed by atoms with Crippen molar-refractivity contribution >= 4 is 44.7 Å². The number of benzene rings is 2. The Bertz CT molecular complexity index is 1480. The number of halogens is 1. The number of fused-ring (bicyclic) bond motifs is 5. The topological polar surface area (TPSA) is 109 Å². The van der Waals surface area contributed by atoms with Gasteiger partial charge in [0.25, 0.3) is 0 Å². The van der Waals surface area contributed by atoms with Crippen molar-refractivity contribution in [2.24, 2.45) is 11.3 Å². The highest BCUT2D eigenvalue weighted by molar-refractivity contribution is 9.10. The molecule has 2 atom stereocenters. The minimum absolute atomic E-state index is 0.115. The van der Waals surface area contributed by atoms with Gasteiger partial charge in [-0.25, -0.2) is 4.79 Å². The van der Waals surface area contributed by atoms with Crippen molar-refractivity contribution < 1.29 is 24.6 Å². The molecule has 0 radical (unpaired) electrons. The van der Waals surface area contributed by atoms with Gasteiger partial charge in [0.15, 0.2) is 0 Å². The highest BCUT2D eigenvalue weighted by Gasteiger charge is 2.44. The maximum Gasteiger partial charge on any atom is 0.337 e. The van der Waals surface area contributed by atoms with Crippen molar-refractivity contribution in [2.45, 2.75) is 57.9 Å². The lowest BCUT2D eigenvalue weighted by molar-refractivity contribution is -0.148. The van der Waals surface area contributed by atoms with Gasteiger partial charge >= 0.3 is 11.9 Å². The van der Waals surface area contributed by atoms with Crippen LogP contribution in [-0.2, 0) is 9.59 Å². The Hall–Kier alpha value is -3.13. The molecular formula is C29H29BrN2O5. The van der Waals surface area contributed by atoms with E-state index in [0.717, 1.165) is 57.9 Å². The van der Waals surface area contributed by atoms with Crippen LogP contribution in [0.15, 0.2) is 34.8 Å². The minimum atomic E-state index is -0.973. The zero-order valence-corrected chi connectivity index (χ0v) is 22.2. The fraction of sp³-hybridized carbons (Fsp3) is 0.414. The van der Waals surface area contributed by atoms with E-state index in [1.54, 1.807) is 0 Å². The first-order valence-corrected chi connectivity index (χ1v) is 13.8. The summed E-state index contributed by atoms with van der Waals surface area (Å²) in [7, 11) is 0. The average molecular weight is 565 g/mol. The van der Waals surface area contributed by atoms with E-state index < -0.39 is 17.4 Å². The van der Waals surface area contributed by atoms with Crippen LogP contribution in [0.2, 0.25) is 0 Å². The van der Waals surface area contributed by atoms with Gasteiger partial charge in [-0.2, -0.15) is 0 Å². The van der Waals surface area contributed by atoms with E-state index in [9.17, 15) is 24.6 Å². The molecule has 37 heavy (non-hydrogen) atoms. The molecule has 1 aromatic heterocycles. The van der Waals surface area contributed by atoms with Crippen LogP contribution in [0.3, 0.4) is 0 Å². The van der Waals surface area contributed by atoms with Gasteiger partial charge in [0.05, 0.1) is 32.6 Å². The molecule has 0 spiro atoms. The summed E-state index contributed by atoms with van der Waals surface area (Å²) in [4.78, 5) is 38.1. The van der Waals surface area contributed by atoms with Crippen LogP contribution in [0.4, 0.5) is 0 Å². The molecule has 3 aliphatic rings. The van der Waals surface area contributed by atoms with Gasteiger partial charge in [-0.1, -0.05) is 43.5 Å². The van der Waals surface area contributed by atoms with Crippen LogP contribution in [0, 0.1) is 18.3 Å². The van der Waals surface area contributed by atoms with Gasteiger partial charge in [-0.3, -0.25) is 9.59 Å². The summed E-state index contributed by atoms with van der Waals surface area (Å²) in [6.07, 6.45) is 5.28. The molecule has 2 saturated carbocycles. The number of carboxylic acid groups (broad SMARTS) is 2. The Kier molecular flexibility index (Phi) is 5.71. The van der Waals surface area contributed by atoms with Crippen molar-refractivity contribution in [3.8, 4) is 22.4 Å². The SMILES string of the molecule is Cc1ccc2c3c(Br)c(n2C2CCCC2C(=O)NCC2(C(=O)O)CCCC2)-c2cccc(c2C(=O)O)-c13. The van der Waals surface area contributed by atoms with Gasteiger partial charge in [0.2, 0.25) is 5.91 Å². The molecular weight excluding hydrogens is 536 g/mol. The maximum absolute atomic E-state index is 13.6. The van der Waals surface area contributed by atoms with E-state index >= 15 is 0 Å². The van der Waals surface area contributed by atoms with Crippen LogP contribution in [0.25, 0.3) is 33.3 Å². The third-order valence-electron chi connectivity index (χ3n) is 8.89. The second kappa shape index (κ2) is 8.72. The van der Waals surface area contributed by atoms with Gasteiger partial charge in [-0.05, 0) is 71.3 Å². The fourth-order valence-corrected chi connectivity index (χ4v) is 7.86. The molecule has 0 saturated heterocycles. The first-order valence-electron chi connectivity index (χ1n) is 13.0. The van der Waals surface area contributed by atoms with Crippen molar-refractivity contribution in [3.05, 3.63) is 45.9 Å². The van der Waals surface area contributed by atoms with Crippen molar-refractivity contribution in [1.82, 2.24) is 9.88 Å². The number of aryl methyl sites for hydroxylation is 1. The van der Waals surface area contributed by atoms with Crippen LogP contribution in [0.1, 0.15) is 66.9 Å². The monoisotopic (exact) mass is 564 g/mol. The summed E-state index contributed by atoms with van der Waals surface area (Å²) in [6, 6.07) is 9.55. The van der Waals surface area contributed by atoms with Gasteiger partial charge in [0.1, 0.15) is 0 Å². The number of carbonyl (C=O) groups is 3. The quantitative estimate of drug-likeness (QED) is 0.260. The molecule has 1 amide bonds. The van der Waals surface area contributed by atoms with Gasteiger partial charge in [-0.15, -0.1) is 0 Å². The first kappa shape index (κ1) is 24.2. The van der Waals surface area contributed by atoms with E-state index in [0.29, 0.717) is 30.4 Å². The van der Waals surface area contributed by atoms with Crippen LogP contribution < -0.4 is 5.32 Å². The molecule has 1 heterocycles. The molecule has 4 bridgehead atoms. The predicted octanol–water partition coefficient (Wildman–Crippen LogP) is 6.16. The molecule has 3 aromatic rings. The Morgan fingerprint density at radius 1 is 1.05 bits per heavy atom. The second-order valence-electron chi connectivity index (χ2n) is 10.8. The molecule has 8 heteroatoms. The first-order chi connectivity index (χ1) is 17.7. The Morgan fingerprint density at radius 2 is 1.78 bits per heavy atom. The smallest absolute Gasteiger partial charge is 0.337 e. The van der Waals surface area contributed by atoms with E-state index in [1.165, 1.54) is 0 Å². The molecule has 0 aliphatic heterocycles.